The molecule has 0 spiro atoms. The van der Waals surface area contributed by atoms with E-state index in [1.165, 1.54) is 13.2 Å². The van der Waals surface area contributed by atoms with Crippen molar-refractivity contribution in [3.8, 4) is 0 Å². The highest BCUT2D eigenvalue weighted by molar-refractivity contribution is 6.20. The van der Waals surface area contributed by atoms with Gasteiger partial charge in [-0.1, -0.05) is 0 Å². The van der Waals surface area contributed by atoms with Crippen LogP contribution in [0.3, 0.4) is 0 Å². The Morgan fingerprint density at radius 1 is 1.82 bits per heavy atom. The van der Waals surface area contributed by atoms with Gasteiger partial charge in [0.05, 0.1) is 6.26 Å². The Morgan fingerprint density at radius 2 is 2.45 bits per heavy atom. The van der Waals surface area contributed by atoms with Crippen molar-refractivity contribution in [1.29, 1.82) is 0 Å². The number of hydrogen-bond acceptors (Lipinski definition) is 3. The van der Waals surface area contributed by atoms with E-state index in [2.05, 4.69) is 4.65 Å². The lowest BCUT2D eigenvalue weighted by atomic mass is 9.95. The van der Waals surface area contributed by atoms with Crippen LogP contribution in [0.2, 0.25) is 0 Å². The van der Waals surface area contributed by atoms with Crippen molar-refractivity contribution in [3.05, 3.63) is 11.8 Å². The summed E-state index contributed by atoms with van der Waals surface area (Å²) in [5.41, 5.74) is -0.731. The molecule has 5 heteroatoms. The zero-order valence-electron chi connectivity index (χ0n) is 6.33. The molecule has 0 aromatic rings. The summed E-state index contributed by atoms with van der Waals surface area (Å²) in [6.45, 7) is 3.11. The Bertz CT molecular complexity index is 213. The van der Waals surface area contributed by atoms with E-state index >= 15 is 0 Å². The topological polar surface area (TPSA) is 55.8 Å². The lowest BCUT2D eigenvalue weighted by molar-refractivity contribution is -0.152. The zero-order valence-corrected chi connectivity index (χ0v) is 6.33. The molecule has 0 aromatic heterocycles. The van der Waals surface area contributed by atoms with Gasteiger partial charge in [0.2, 0.25) is 0 Å². The van der Waals surface area contributed by atoms with Gasteiger partial charge in [0.25, 0.3) is 0 Å². The van der Waals surface area contributed by atoms with Gasteiger partial charge in [0, 0.05) is 5.57 Å². The Balaban J connectivity index is 2.92. The first-order valence-corrected chi connectivity index (χ1v) is 3.13. The molecule has 1 N–H and O–H groups in total. The molecule has 0 fully saturated rings. The molecule has 0 aliphatic carbocycles. The van der Waals surface area contributed by atoms with Gasteiger partial charge in [-0.25, -0.2) is 4.79 Å². The number of rotatable bonds is 1. The fourth-order valence-electron chi connectivity index (χ4n) is 0.678. The number of aliphatic carboxylic acids is 1. The number of carbonyl (C=O) groups is 1. The lowest BCUT2D eigenvalue weighted by Gasteiger charge is -2.28. The molecule has 0 aromatic carbocycles. The van der Waals surface area contributed by atoms with E-state index in [-0.39, 0.29) is 0 Å². The molecule has 4 nitrogen and oxygen atoms in total. The molecule has 1 aliphatic heterocycles. The maximum Gasteiger partial charge on any atom is 0.573 e. The van der Waals surface area contributed by atoms with Crippen LogP contribution in [0, 0.1) is 0 Å². The molecule has 1 aliphatic rings. The molecule has 1 radical (unpaired) electrons. The van der Waals surface area contributed by atoms with Gasteiger partial charge in [-0.3, -0.25) is 0 Å². The van der Waals surface area contributed by atoms with Gasteiger partial charge < -0.3 is 14.4 Å². The third kappa shape index (κ3) is 1.23. The third-order valence-electron chi connectivity index (χ3n) is 1.74. The predicted octanol–water partition coefficient (Wildman–Crippen LogP) is 0.314. The fourth-order valence-corrected chi connectivity index (χ4v) is 0.678. The van der Waals surface area contributed by atoms with Crippen molar-refractivity contribution in [3.63, 3.8) is 0 Å². The maximum absolute atomic E-state index is 10.6. The second-order valence-corrected chi connectivity index (χ2v) is 2.49. The Hall–Kier alpha value is -0.965. The third-order valence-corrected chi connectivity index (χ3v) is 1.74. The molecule has 1 unspecified atom stereocenters. The first-order valence-electron chi connectivity index (χ1n) is 3.13. The minimum absolute atomic E-state index is 0.535. The van der Waals surface area contributed by atoms with Crippen LogP contribution in [-0.2, 0) is 14.1 Å². The van der Waals surface area contributed by atoms with Crippen molar-refractivity contribution in [2.75, 3.05) is 0 Å². The molecular formula is C6H8BO4. The van der Waals surface area contributed by atoms with E-state index in [0.717, 1.165) is 7.69 Å². The van der Waals surface area contributed by atoms with Crippen molar-refractivity contribution >= 4 is 13.7 Å². The van der Waals surface area contributed by atoms with E-state index in [1.54, 1.807) is 6.92 Å². The SMILES string of the molecule is CC1=CO[B]OC1(C)C(=O)O. The van der Waals surface area contributed by atoms with Gasteiger partial charge in [0.15, 0.2) is 5.60 Å². The van der Waals surface area contributed by atoms with E-state index in [0.29, 0.717) is 5.57 Å². The van der Waals surface area contributed by atoms with Crippen LogP contribution in [0.15, 0.2) is 11.8 Å². The maximum atomic E-state index is 10.6. The smallest absolute Gasteiger partial charge is 0.543 e. The molecular weight excluding hydrogens is 147 g/mol. The van der Waals surface area contributed by atoms with Crippen LogP contribution in [0.4, 0.5) is 0 Å². The minimum atomic E-state index is -1.27. The van der Waals surface area contributed by atoms with Crippen LogP contribution in [-0.4, -0.2) is 24.4 Å². The Labute approximate surface area is 65.1 Å². The molecule has 1 atom stereocenters. The molecule has 0 amide bonds. The van der Waals surface area contributed by atoms with E-state index in [4.69, 9.17) is 9.76 Å². The average Bonchev–Trinajstić information content (AvgIpc) is 1.95. The highest BCUT2D eigenvalue weighted by Gasteiger charge is 2.39. The summed E-state index contributed by atoms with van der Waals surface area (Å²) in [5.74, 6) is -1.02. The summed E-state index contributed by atoms with van der Waals surface area (Å²) in [5, 5.41) is 8.73. The Morgan fingerprint density at radius 3 is 2.82 bits per heavy atom. The van der Waals surface area contributed by atoms with Gasteiger partial charge >= 0.3 is 13.7 Å². The van der Waals surface area contributed by atoms with Crippen LogP contribution >= 0.6 is 0 Å². The lowest BCUT2D eigenvalue weighted by Crippen LogP contribution is -2.43. The summed E-state index contributed by atoms with van der Waals surface area (Å²) in [4.78, 5) is 10.6. The van der Waals surface area contributed by atoms with Crippen LogP contribution in [0.25, 0.3) is 0 Å². The van der Waals surface area contributed by atoms with Crippen molar-refractivity contribution in [2.45, 2.75) is 19.4 Å². The van der Waals surface area contributed by atoms with E-state index in [9.17, 15) is 4.79 Å². The highest BCUT2D eigenvalue weighted by atomic mass is 16.6. The molecule has 1 heterocycles. The molecule has 1 rings (SSSR count). The summed E-state index contributed by atoms with van der Waals surface area (Å²) in [6, 6.07) is 0. The molecule has 59 valence electrons. The first kappa shape index (κ1) is 8.13. The predicted molar refractivity (Wildman–Crippen MR) is 37.7 cm³/mol. The molecule has 0 saturated heterocycles. The summed E-state index contributed by atoms with van der Waals surface area (Å²) < 4.78 is 9.48. The van der Waals surface area contributed by atoms with E-state index < -0.39 is 11.6 Å². The van der Waals surface area contributed by atoms with Gasteiger partial charge in [-0.05, 0) is 13.8 Å². The minimum Gasteiger partial charge on any atom is -0.543 e. The van der Waals surface area contributed by atoms with Crippen LogP contribution < -0.4 is 0 Å². The highest BCUT2D eigenvalue weighted by Crippen LogP contribution is 2.23. The van der Waals surface area contributed by atoms with E-state index in [1.807, 2.05) is 0 Å². The molecule has 0 saturated carbocycles. The number of carboxylic acid groups (broad SMARTS) is 1. The van der Waals surface area contributed by atoms with Crippen LogP contribution in [0.5, 0.6) is 0 Å². The quantitative estimate of drug-likeness (QED) is 0.553. The standard InChI is InChI=1S/C6H8BO4/c1-4-3-10-7-11-6(4,2)5(8)9/h3H,1-2H3,(H,8,9). The van der Waals surface area contributed by atoms with Gasteiger partial charge in [-0.15, -0.1) is 0 Å². The Kier molecular flexibility index (Phi) is 1.91. The van der Waals surface area contributed by atoms with Crippen molar-refractivity contribution < 1.29 is 19.2 Å². The second kappa shape index (κ2) is 2.58. The van der Waals surface area contributed by atoms with Crippen LogP contribution in [0.1, 0.15) is 13.8 Å². The summed E-state index contributed by atoms with van der Waals surface area (Å²) in [7, 11) is 1.02. The molecule has 11 heavy (non-hydrogen) atoms. The summed E-state index contributed by atoms with van der Waals surface area (Å²) in [6.07, 6.45) is 1.36. The van der Waals surface area contributed by atoms with Gasteiger partial charge in [-0.2, -0.15) is 0 Å². The number of hydrogen-bond donors (Lipinski definition) is 1. The largest absolute Gasteiger partial charge is 0.573 e. The monoisotopic (exact) mass is 155 g/mol. The normalized spacial score (nSPS) is 29.8. The van der Waals surface area contributed by atoms with Crippen molar-refractivity contribution in [2.24, 2.45) is 0 Å². The average molecular weight is 155 g/mol. The van der Waals surface area contributed by atoms with Gasteiger partial charge in [0.1, 0.15) is 0 Å². The van der Waals surface area contributed by atoms with Crippen molar-refractivity contribution in [1.82, 2.24) is 0 Å². The first-order chi connectivity index (χ1) is 5.07. The summed E-state index contributed by atoms with van der Waals surface area (Å²) >= 11 is 0. The number of carboxylic acids is 1. The fraction of sp³-hybridized carbons (Fsp3) is 0.500. The zero-order chi connectivity index (χ0) is 8.48. The second-order valence-electron chi connectivity index (χ2n) is 2.49. The molecule has 0 bridgehead atoms.